The number of hydrogen-bond donors (Lipinski definition) is 0. The predicted molar refractivity (Wildman–Crippen MR) is 85.9 cm³/mol. The largest absolute Gasteiger partial charge is 0.343 e. The van der Waals surface area contributed by atoms with Crippen molar-refractivity contribution < 1.29 is 9.59 Å². The van der Waals surface area contributed by atoms with Gasteiger partial charge < -0.3 is 9.80 Å². The summed E-state index contributed by atoms with van der Waals surface area (Å²) in [5, 5.41) is 0. The Hall–Kier alpha value is -1.32. The average Bonchev–Trinajstić information content (AvgIpc) is 2.49. The summed E-state index contributed by atoms with van der Waals surface area (Å²) in [6.45, 7) is 8.44. The molecule has 1 saturated heterocycles. The number of hydrogen-bond acceptors (Lipinski definition) is 2. The Morgan fingerprint density at radius 2 is 2.19 bits per heavy atom. The third-order valence-electron chi connectivity index (χ3n) is 4.22. The highest BCUT2D eigenvalue weighted by Gasteiger charge is 2.20. The van der Waals surface area contributed by atoms with E-state index in [-0.39, 0.29) is 17.9 Å². The van der Waals surface area contributed by atoms with Gasteiger partial charge in [-0.15, -0.1) is 0 Å². The van der Waals surface area contributed by atoms with E-state index in [1.165, 1.54) is 0 Å². The first kappa shape index (κ1) is 17.7. The van der Waals surface area contributed by atoms with Crippen LogP contribution in [0.5, 0.6) is 0 Å². The monoisotopic (exact) mass is 294 g/mol. The van der Waals surface area contributed by atoms with Crippen LogP contribution in [0.2, 0.25) is 0 Å². The summed E-state index contributed by atoms with van der Waals surface area (Å²) in [5.41, 5.74) is 0. The molecule has 0 N–H and O–H groups in total. The van der Waals surface area contributed by atoms with Gasteiger partial charge in [0.05, 0.1) is 0 Å². The lowest BCUT2D eigenvalue weighted by atomic mass is 10.1. The Kier molecular flexibility index (Phi) is 8.09. The molecule has 0 bridgehead atoms. The van der Waals surface area contributed by atoms with Crippen LogP contribution in [0.4, 0.5) is 0 Å². The van der Waals surface area contributed by atoms with Gasteiger partial charge in [0.2, 0.25) is 11.8 Å². The van der Waals surface area contributed by atoms with Crippen LogP contribution in [0.1, 0.15) is 59.3 Å². The van der Waals surface area contributed by atoms with E-state index in [1.54, 1.807) is 0 Å². The summed E-state index contributed by atoms with van der Waals surface area (Å²) in [6, 6.07) is 0.269. The zero-order valence-electron chi connectivity index (χ0n) is 13.8. The average molecular weight is 294 g/mol. The highest BCUT2D eigenvalue weighted by atomic mass is 16.2. The Morgan fingerprint density at radius 3 is 2.81 bits per heavy atom. The van der Waals surface area contributed by atoms with Crippen LogP contribution in [0.25, 0.3) is 0 Å². The van der Waals surface area contributed by atoms with Crippen molar-refractivity contribution in [3.8, 4) is 0 Å². The van der Waals surface area contributed by atoms with Crippen molar-refractivity contribution >= 4 is 11.8 Å². The molecule has 1 atom stereocenters. The fourth-order valence-corrected chi connectivity index (χ4v) is 2.63. The molecule has 0 radical (unpaired) electrons. The highest BCUT2D eigenvalue weighted by Crippen LogP contribution is 2.12. The minimum atomic E-state index is 0.201. The molecule has 120 valence electrons. The highest BCUT2D eigenvalue weighted by molar-refractivity contribution is 5.78. The van der Waals surface area contributed by atoms with Crippen LogP contribution < -0.4 is 0 Å². The lowest BCUT2D eigenvalue weighted by molar-refractivity contribution is -0.135. The van der Waals surface area contributed by atoms with Crippen molar-refractivity contribution in [2.45, 2.75) is 65.3 Å². The molecule has 0 saturated carbocycles. The number of amides is 2. The molecule has 2 amide bonds. The zero-order valence-corrected chi connectivity index (χ0v) is 13.8. The molecule has 0 unspecified atom stereocenters. The molecule has 0 aromatic carbocycles. The Balaban J connectivity index is 2.40. The van der Waals surface area contributed by atoms with Crippen molar-refractivity contribution in [3.63, 3.8) is 0 Å². The van der Waals surface area contributed by atoms with Crippen LogP contribution in [0, 0.1) is 0 Å². The minimum absolute atomic E-state index is 0.201. The third kappa shape index (κ3) is 5.90. The number of carbonyl (C=O) groups is 2. The molecular formula is C17H30N2O2. The topological polar surface area (TPSA) is 40.6 Å². The van der Waals surface area contributed by atoms with Gasteiger partial charge in [-0.3, -0.25) is 9.59 Å². The van der Waals surface area contributed by atoms with Crippen molar-refractivity contribution in [2.75, 3.05) is 19.6 Å². The van der Waals surface area contributed by atoms with Crippen LogP contribution in [-0.2, 0) is 9.59 Å². The first-order chi connectivity index (χ1) is 10.1. The molecule has 4 nitrogen and oxygen atoms in total. The third-order valence-corrected chi connectivity index (χ3v) is 4.22. The molecule has 0 aromatic rings. The SMILES string of the molecule is C/C=C/CN(C(=O)CCCN1CCCCC1=O)[C@@H](C)CC. The van der Waals surface area contributed by atoms with E-state index in [0.29, 0.717) is 19.4 Å². The van der Waals surface area contributed by atoms with E-state index in [1.807, 2.05) is 28.9 Å². The normalized spacial score (nSPS) is 17.3. The molecule has 1 rings (SSSR count). The second-order valence-corrected chi connectivity index (χ2v) is 5.81. The lowest BCUT2D eigenvalue weighted by Gasteiger charge is -2.29. The molecule has 21 heavy (non-hydrogen) atoms. The fraction of sp³-hybridized carbons (Fsp3) is 0.765. The number of rotatable bonds is 8. The second-order valence-electron chi connectivity index (χ2n) is 5.81. The van der Waals surface area contributed by atoms with Gasteiger partial charge in [0.1, 0.15) is 0 Å². The van der Waals surface area contributed by atoms with Gasteiger partial charge >= 0.3 is 0 Å². The van der Waals surface area contributed by atoms with E-state index in [4.69, 9.17) is 0 Å². The first-order valence-corrected chi connectivity index (χ1v) is 8.28. The molecule has 4 heteroatoms. The maximum absolute atomic E-state index is 12.4. The van der Waals surface area contributed by atoms with Gasteiger partial charge in [-0.25, -0.2) is 0 Å². The molecule has 1 aliphatic heterocycles. The van der Waals surface area contributed by atoms with Crippen LogP contribution in [-0.4, -0.2) is 47.3 Å². The Morgan fingerprint density at radius 1 is 1.43 bits per heavy atom. The lowest BCUT2D eigenvalue weighted by Crippen LogP contribution is -2.39. The fourth-order valence-electron chi connectivity index (χ4n) is 2.63. The molecule has 0 aliphatic carbocycles. The Labute approximate surface area is 129 Å². The van der Waals surface area contributed by atoms with E-state index >= 15 is 0 Å². The van der Waals surface area contributed by atoms with E-state index < -0.39 is 0 Å². The summed E-state index contributed by atoms with van der Waals surface area (Å²) < 4.78 is 0. The molecule has 1 aliphatic rings. The van der Waals surface area contributed by atoms with E-state index in [9.17, 15) is 9.59 Å². The number of likely N-dealkylation sites (tertiary alicyclic amines) is 1. The van der Waals surface area contributed by atoms with Crippen LogP contribution >= 0.6 is 0 Å². The zero-order chi connectivity index (χ0) is 15.7. The van der Waals surface area contributed by atoms with Crippen LogP contribution in [0.3, 0.4) is 0 Å². The number of nitrogens with zero attached hydrogens (tertiary/aromatic N) is 2. The summed E-state index contributed by atoms with van der Waals surface area (Å²) in [6.07, 6.45) is 9.06. The maximum atomic E-state index is 12.4. The van der Waals surface area contributed by atoms with E-state index in [2.05, 4.69) is 13.8 Å². The summed E-state index contributed by atoms with van der Waals surface area (Å²) in [7, 11) is 0. The van der Waals surface area contributed by atoms with Crippen molar-refractivity contribution in [1.29, 1.82) is 0 Å². The van der Waals surface area contributed by atoms with Gasteiger partial charge in [-0.05, 0) is 39.5 Å². The first-order valence-electron chi connectivity index (χ1n) is 8.28. The molecule has 1 heterocycles. The summed E-state index contributed by atoms with van der Waals surface area (Å²) in [4.78, 5) is 27.9. The second kappa shape index (κ2) is 9.59. The van der Waals surface area contributed by atoms with Gasteiger partial charge in [0, 0.05) is 38.5 Å². The van der Waals surface area contributed by atoms with E-state index in [0.717, 1.165) is 38.8 Å². The standard InChI is InChI=1S/C17H30N2O2/c1-4-6-14-19(15(3)5-2)17(21)11-9-13-18-12-8-7-10-16(18)20/h4,6,15H,5,7-14H2,1-3H3/b6-4+/t15-/m0/s1. The maximum Gasteiger partial charge on any atom is 0.223 e. The van der Waals surface area contributed by atoms with Gasteiger partial charge in [0.25, 0.3) is 0 Å². The quantitative estimate of drug-likeness (QED) is 0.646. The number of carbonyl (C=O) groups excluding carboxylic acids is 2. The number of allylic oxidation sites excluding steroid dienone is 1. The predicted octanol–water partition coefficient (Wildman–Crippen LogP) is 2.98. The van der Waals surface area contributed by atoms with Crippen molar-refractivity contribution in [3.05, 3.63) is 12.2 Å². The molecule has 0 aromatic heterocycles. The summed E-state index contributed by atoms with van der Waals surface area (Å²) >= 11 is 0. The minimum Gasteiger partial charge on any atom is -0.343 e. The van der Waals surface area contributed by atoms with Crippen molar-refractivity contribution in [1.82, 2.24) is 9.80 Å². The molecule has 1 fully saturated rings. The smallest absolute Gasteiger partial charge is 0.223 e. The van der Waals surface area contributed by atoms with Gasteiger partial charge in [0.15, 0.2) is 0 Å². The molecule has 0 spiro atoms. The molecular weight excluding hydrogens is 264 g/mol. The number of piperidine rings is 1. The van der Waals surface area contributed by atoms with Gasteiger partial charge in [-0.2, -0.15) is 0 Å². The van der Waals surface area contributed by atoms with Gasteiger partial charge in [-0.1, -0.05) is 19.1 Å². The summed E-state index contributed by atoms with van der Waals surface area (Å²) in [5.74, 6) is 0.452. The van der Waals surface area contributed by atoms with Crippen LogP contribution in [0.15, 0.2) is 12.2 Å². The van der Waals surface area contributed by atoms with Crippen molar-refractivity contribution in [2.24, 2.45) is 0 Å². The Bertz CT molecular complexity index is 366.